The highest BCUT2D eigenvalue weighted by atomic mass is 19.1. The quantitative estimate of drug-likeness (QED) is 0.499. The van der Waals surface area contributed by atoms with Crippen molar-refractivity contribution in [1.29, 1.82) is 0 Å². The number of rotatable bonds is 3. The van der Waals surface area contributed by atoms with Crippen LogP contribution in [0.15, 0.2) is 47.8 Å². The average molecular weight is 231 g/mol. The Morgan fingerprint density at radius 2 is 2.06 bits per heavy atom. The van der Waals surface area contributed by atoms with Crippen LogP contribution in [0.5, 0.6) is 0 Å². The van der Waals surface area contributed by atoms with Gasteiger partial charge in [0, 0.05) is 12.6 Å². The van der Waals surface area contributed by atoms with E-state index < -0.39 is 0 Å². The molecule has 1 aromatic heterocycles. The van der Waals surface area contributed by atoms with Crippen LogP contribution in [0.2, 0.25) is 0 Å². The molecule has 86 valence electrons. The van der Waals surface area contributed by atoms with Gasteiger partial charge >= 0.3 is 0 Å². The van der Waals surface area contributed by atoms with Gasteiger partial charge < -0.3 is 5.21 Å². The second kappa shape index (κ2) is 5.16. The lowest BCUT2D eigenvalue weighted by molar-refractivity contribution is 0.318. The molecule has 1 N–H and O–H groups in total. The van der Waals surface area contributed by atoms with E-state index in [2.05, 4.69) is 15.4 Å². The van der Waals surface area contributed by atoms with Gasteiger partial charge in [-0.25, -0.2) is 4.39 Å². The molecule has 5 heteroatoms. The second-order valence-electron chi connectivity index (χ2n) is 3.42. The summed E-state index contributed by atoms with van der Waals surface area (Å²) in [5.41, 5.74) is 1.16. The number of hydrogen-bond donors (Lipinski definition) is 1. The van der Waals surface area contributed by atoms with Crippen molar-refractivity contribution in [2.24, 2.45) is 5.16 Å². The Kier molecular flexibility index (Phi) is 3.40. The van der Waals surface area contributed by atoms with Crippen LogP contribution >= 0.6 is 0 Å². The predicted octanol–water partition coefficient (Wildman–Crippen LogP) is 2.04. The zero-order chi connectivity index (χ0) is 12.1. The molecule has 4 nitrogen and oxygen atoms in total. The summed E-state index contributed by atoms with van der Waals surface area (Å²) < 4.78 is 13.4. The second-order valence-corrected chi connectivity index (χ2v) is 3.42. The number of aromatic nitrogens is 2. The van der Waals surface area contributed by atoms with Crippen LogP contribution < -0.4 is 0 Å². The molecule has 2 rings (SSSR count). The summed E-state index contributed by atoms with van der Waals surface area (Å²) in [6, 6.07) is 9.66. The maximum absolute atomic E-state index is 13.4. The molecule has 0 unspecified atom stereocenters. The third-order valence-corrected chi connectivity index (χ3v) is 2.30. The molecule has 0 aliphatic heterocycles. The molecule has 2 aromatic rings. The van der Waals surface area contributed by atoms with Gasteiger partial charge in [-0.15, -0.1) is 5.10 Å². The van der Waals surface area contributed by atoms with Crippen LogP contribution in [0.1, 0.15) is 11.3 Å². The molecule has 0 aliphatic carbocycles. The molecular weight excluding hydrogens is 221 g/mol. The van der Waals surface area contributed by atoms with E-state index in [1.54, 1.807) is 30.3 Å². The molecule has 0 saturated carbocycles. The first kappa shape index (κ1) is 11.2. The normalized spacial score (nSPS) is 11.5. The summed E-state index contributed by atoms with van der Waals surface area (Å²) >= 11 is 0. The fourth-order valence-electron chi connectivity index (χ4n) is 1.45. The van der Waals surface area contributed by atoms with Gasteiger partial charge in [0.15, 0.2) is 0 Å². The van der Waals surface area contributed by atoms with E-state index >= 15 is 0 Å². The first-order valence-corrected chi connectivity index (χ1v) is 5.03. The van der Waals surface area contributed by atoms with Crippen LogP contribution in [0.4, 0.5) is 4.39 Å². The molecular formula is C12H10FN3O. The van der Waals surface area contributed by atoms with Crippen molar-refractivity contribution in [3.05, 3.63) is 59.7 Å². The Labute approximate surface area is 97.4 Å². The van der Waals surface area contributed by atoms with E-state index in [4.69, 9.17) is 5.21 Å². The third-order valence-electron chi connectivity index (χ3n) is 2.30. The van der Waals surface area contributed by atoms with E-state index in [1.165, 1.54) is 12.3 Å². The van der Waals surface area contributed by atoms with Crippen molar-refractivity contribution in [2.45, 2.75) is 6.42 Å². The van der Waals surface area contributed by atoms with E-state index in [1.807, 2.05) is 0 Å². The first-order valence-electron chi connectivity index (χ1n) is 5.03. The van der Waals surface area contributed by atoms with Gasteiger partial charge in [-0.1, -0.05) is 23.4 Å². The first-order chi connectivity index (χ1) is 8.31. The Bertz CT molecular complexity index is 528. The van der Waals surface area contributed by atoms with Crippen LogP contribution in [-0.2, 0) is 6.42 Å². The molecule has 1 aromatic carbocycles. The zero-order valence-corrected chi connectivity index (χ0v) is 8.92. The number of oxime groups is 1. The summed E-state index contributed by atoms with van der Waals surface area (Å²) in [5, 5.41) is 19.6. The molecule has 1 heterocycles. The predicted molar refractivity (Wildman–Crippen MR) is 60.5 cm³/mol. The van der Waals surface area contributed by atoms with Crippen molar-refractivity contribution in [1.82, 2.24) is 10.2 Å². The van der Waals surface area contributed by atoms with Crippen LogP contribution in [0.3, 0.4) is 0 Å². The molecule has 0 saturated heterocycles. The number of benzene rings is 1. The minimum atomic E-state index is -0.336. The number of hydrogen-bond acceptors (Lipinski definition) is 4. The standard InChI is InChI=1S/C12H10FN3O/c13-10-5-2-1-4-9(10)8-12(16-17)11-6-3-7-14-15-11/h1-7,17H,8H2. The number of nitrogens with zero attached hydrogens (tertiary/aromatic N) is 3. The maximum atomic E-state index is 13.4. The Morgan fingerprint density at radius 1 is 1.24 bits per heavy atom. The molecule has 0 fully saturated rings. The van der Waals surface area contributed by atoms with E-state index in [0.29, 0.717) is 11.3 Å². The summed E-state index contributed by atoms with van der Waals surface area (Å²) in [6.45, 7) is 0. The SMILES string of the molecule is ON=C(Cc1ccccc1F)c1cccnn1. The smallest absolute Gasteiger partial charge is 0.126 e. The fraction of sp³-hybridized carbons (Fsp3) is 0.0833. The van der Waals surface area contributed by atoms with E-state index in [9.17, 15) is 4.39 Å². The zero-order valence-electron chi connectivity index (χ0n) is 8.92. The lowest BCUT2D eigenvalue weighted by atomic mass is 10.1. The van der Waals surface area contributed by atoms with Crippen molar-refractivity contribution in [2.75, 3.05) is 0 Å². The Balaban J connectivity index is 2.26. The minimum absolute atomic E-state index is 0.169. The van der Waals surface area contributed by atoms with Gasteiger partial charge in [-0.05, 0) is 23.8 Å². The van der Waals surface area contributed by atoms with Crippen molar-refractivity contribution >= 4 is 5.71 Å². The third kappa shape index (κ3) is 2.63. The van der Waals surface area contributed by atoms with E-state index in [-0.39, 0.29) is 17.9 Å². The Hall–Kier alpha value is -2.30. The molecule has 0 spiro atoms. The summed E-state index contributed by atoms with van der Waals surface area (Å²) in [5.74, 6) is -0.336. The monoisotopic (exact) mass is 231 g/mol. The maximum Gasteiger partial charge on any atom is 0.126 e. The van der Waals surface area contributed by atoms with Crippen molar-refractivity contribution < 1.29 is 9.60 Å². The summed E-state index contributed by atoms with van der Waals surface area (Å²) in [4.78, 5) is 0. The minimum Gasteiger partial charge on any atom is -0.411 e. The highest BCUT2D eigenvalue weighted by molar-refractivity contribution is 5.99. The summed E-state index contributed by atoms with van der Waals surface area (Å²) in [7, 11) is 0. The lowest BCUT2D eigenvalue weighted by Crippen LogP contribution is -2.09. The van der Waals surface area contributed by atoms with Gasteiger partial charge in [0.05, 0.1) is 0 Å². The van der Waals surface area contributed by atoms with Gasteiger partial charge in [0.1, 0.15) is 17.2 Å². The average Bonchev–Trinajstić information content (AvgIpc) is 2.39. The largest absolute Gasteiger partial charge is 0.411 e. The van der Waals surface area contributed by atoms with Crippen molar-refractivity contribution in [3.63, 3.8) is 0 Å². The van der Waals surface area contributed by atoms with Crippen LogP contribution in [0.25, 0.3) is 0 Å². The Morgan fingerprint density at radius 3 is 2.71 bits per heavy atom. The highest BCUT2D eigenvalue weighted by Crippen LogP contribution is 2.10. The summed E-state index contributed by atoms with van der Waals surface area (Å²) in [6.07, 6.45) is 1.68. The lowest BCUT2D eigenvalue weighted by Gasteiger charge is -2.04. The molecule has 0 aliphatic rings. The van der Waals surface area contributed by atoms with Gasteiger partial charge in [0.2, 0.25) is 0 Å². The molecule has 0 bridgehead atoms. The number of halogens is 1. The topological polar surface area (TPSA) is 58.4 Å². The molecule has 0 atom stereocenters. The van der Waals surface area contributed by atoms with Crippen LogP contribution in [-0.4, -0.2) is 21.1 Å². The van der Waals surface area contributed by atoms with Gasteiger partial charge in [-0.3, -0.25) is 0 Å². The van der Waals surface area contributed by atoms with E-state index in [0.717, 1.165) is 0 Å². The fourth-order valence-corrected chi connectivity index (χ4v) is 1.45. The highest BCUT2D eigenvalue weighted by Gasteiger charge is 2.10. The molecule has 17 heavy (non-hydrogen) atoms. The van der Waals surface area contributed by atoms with Gasteiger partial charge in [0.25, 0.3) is 0 Å². The molecule has 0 amide bonds. The van der Waals surface area contributed by atoms with Crippen molar-refractivity contribution in [3.8, 4) is 0 Å². The van der Waals surface area contributed by atoms with Gasteiger partial charge in [-0.2, -0.15) is 5.10 Å². The molecule has 0 radical (unpaired) electrons. The van der Waals surface area contributed by atoms with Crippen LogP contribution in [0, 0.1) is 5.82 Å².